The van der Waals surface area contributed by atoms with Crippen LogP contribution in [-0.2, 0) is 6.42 Å². The number of amides is 1. The summed E-state index contributed by atoms with van der Waals surface area (Å²) in [6.07, 6.45) is 0.901. The van der Waals surface area contributed by atoms with Crippen molar-refractivity contribution in [3.8, 4) is 5.75 Å². The molecule has 1 aliphatic rings. The van der Waals surface area contributed by atoms with Gasteiger partial charge in [0.1, 0.15) is 5.75 Å². The number of benzene rings is 2. The van der Waals surface area contributed by atoms with Gasteiger partial charge in [-0.1, -0.05) is 24.3 Å². The van der Waals surface area contributed by atoms with Gasteiger partial charge in [0.05, 0.1) is 12.8 Å². The number of rotatable bonds is 2. The molecule has 0 spiro atoms. The number of ether oxygens (including phenoxy) is 1. The minimum absolute atomic E-state index is 0.0487. The highest BCUT2D eigenvalue weighted by atomic mass is 16.5. The molecule has 19 heavy (non-hydrogen) atoms. The summed E-state index contributed by atoms with van der Waals surface area (Å²) in [5, 5.41) is 0. The summed E-state index contributed by atoms with van der Waals surface area (Å²) in [4.78, 5) is 14.3. The maximum Gasteiger partial charge on any atom is 0.258 e. The predicted molar refractivity (Wildman–Crippen MR) is 74.8 cm³/mol. The van der Waals surface area contributed by atoms with Crippen molar-refractivity contribution in [3.05, 3.63) is 59.7 Å². The van der Waals surface area contributed by atoms with Crippen LogP contribution < -0.4 is 9.64 Å². The zero-order valence-electron chi connectivity index (χ0n) is 10.8. The fourth-order valence-electron chi connectivity index (χ4n) is 2.43. The van der Waals surface area contributed by atoms with Crippen molar-refractivity contribution in [2.45, 2.75) is 6.42 Å². The van der Waals surface area contributed by atoms with Gasteiger partial charge in [-0.05, 0) is 30.2 Å². The zero-order valence-corrected chi connectivity index (χ0v) is 10.8. The molecule has 96 valence electrons. The van der Waals surface area contributed by atoms with Gasteiger partial charge in [0.25, 0.3) is 5.91 Å². The fraction of sp³-hybridized carbons (Fsp3) is 0.188. The number of methoxy groups -OCH3 is 1. The van der Waals surface area contributed by atoms with Gasteiger partial charge in [-0.3, -0.25) is 4.79 Å². The largest absolute Gasteiger partial charge is 0.497 e. The monoisotopic (exact) mass is 253 g/mol. The van der Waals surface area contributed by atoms with Crippen molar-refractivity contribution < 1.29 is 9.53 Å². The molecule has 0 aromatic heterocycles. The lowest BCUT2D eigenvalue weighted by Gasteiger charge is -2.17. The van der Waals surface area contributed by atoms with Gasteiger partial charge in [-0.2, -0.15) is 0 Å². The van der Waals surface area contributed by atoms with Crippen LogP contribution in [0.15, 0.2) is 48.5 Å². The summed E-state index contributed by atoms with van der Waals surface area (Å²) < 4.78 is 5.24. The van der Waals surface area contributed by atoms with E-state index in [-0.39, 0.29) is 5.91 Å². The number of anilines is 1. The molecule has 0 radical (unpaired) electrons. The van der Waals surface area contributed by atoms with Crippen LogP contribution in [0.5, 0.6) is 5.75 Å². The van der Waals surface area contributed by atoms with Crippen molar-refractivity contribution in [3.63, 3.8) is 0 Å². The maximum absolute atomic E-state index is 12.5. The van der Waals surface area contributed by atoms with Crippen LogP contribution in [0.3, 0.4) is 0 Å². The number of carbonyl (C=O) groups excluding carboxylic acids is 1. The molecule has 3 rings (SSSR count). The van der Waals surface area contributed by atoms with Crippen molar-refractivity contribution in [2.75, 3.05) is 18.6 Å². The van der Waals surface area contributed by atoms with E-state index in [4.69, 9.17) is 4.74 Å². The Kier molecular flexibility index (Phi) is 2.95. The van der Waals surface area contributed by atoms with Gasteiger partial charge in [-0.15, -0.1) is 0 Å². The standard InChI is InChI=1S/C16H15NO2/c1-19-14-8-7-12-9-10-17(15(12)11-14)16(18)13-5-3-2-4-6-13/h2-8,11H,9-10H2,1H3. The predicted octanol–water partition coefficient (Wildman–Crippen LogP) is 2.90. The summed E-state index contributed by atoms with van der Waals surface area (Å²) in [6.45, 7) is 0.732. The molecular formula is C16H15NO2. The van der Waals surface area contributed by atoms with Crippen LogP contribution in [0.2, 0.25) is 0 Å². The Balaban J connectivity index is 1.96. The van der Waals surface area contributed by atoms with Gasteiger partial charge < -0.3 is 9.64 Å². The number of hydrogen-bond donors (Lipinski definition) is 0. The Labute approximate surface area is 112 Å². The molecule has 0 saturated carbocycles. The molecule has 0 N–H and O–H groups in total. The first kappa shape index (κ1) is 11.8. The Morgan fingerprint density at radius 1 is 1.16 bits per heavy atom. The zero-order chi connectivity index (χ0) is 13.2. The van der Waals surface area contributed by atoms with Gasteiger partial charge in [-0.25, -0.2) is 0 Å². The lowest BCUT2D eigenvalue weighted by Crippen LogP contribution is -2.28. The second-order valence-electron chi connectivity index (χ2n) is 4.57. The molecule has 0 aliphatic carbocycles. The Hall–Kier alpha value is -2.29. The highest BCUT2D eigenvalue weighted by molar-refractivity contribution is 6.07. The highest BCUT2D eigenvalue weighted by Crippen LogP contribution is 2.32. The molecule has 2 aromatic carbocycles. The third-order valence-electron chi connectivity index (χ3n) is 3.45. The van der Waals surface area contributed by atoms with E-state index in [2.05, 4.69) is 0 Å². The molecule has 2 aromatic rings. The molecular weight excluding hydrogens is 238 g/mol. The van der Waals surface area contributed by atoms with Crippen LogP contribution in [0, 0.1) is 0 Å². The lowest BCUT2D eigenvalue weighted by molar-refractivity contribution is 0.0989. The molecule has 0 unspecified atom stereocenters. The van der Waals surface area contributed by atoms with Gasteiger partial charge >= 0.3 is 0 Å². The number of carbonyl (C=O) groups is 1. The Bertz CT molecular complexity index is 607. The van der Waals surface area contributed by atoms with E-state index in [0.29, 0.717) is 0 Å². The summed E-state index contributed by atoms with van der Waals surface area (Å²) in [6, 6.07) is 15.3. The van der Waals surface area contributed by atoms with E-state index in [1.807, 2.05) is 53.4 Å². The first-order chi connectivity index (χ1) is 9.29. The molecule has 3 nitrogen and oxygen atoms in total. The number of hydrogen-bond acceptors (Lipinski definition) is 2. The molecule has 0 saturated heterocycles. The van der Waals surface area contributed by atoms with Gasteiger partial charge in [0, 0.05) is 18.2 Å². The van der Waals surface area contributed by atoms with Gasteiger partial charge in [0.15, 0.2) is 0 Å². The van der Waals surface area contributed by atoms with Crippen molar-refractivity contribution in [1.29, 1.82) is 0 Å². The van der Waals surface area contributed by atoms with Crippen LogP contribution in [-0.4, -0.2) is 19.6 Å². The second-order valence-corrected chi connectivity index (χ2v) is 4.57. The quantitative estimate of drug-likeness (QED) is 0.823. The van der Waals surface area contributed by atoms with E-state index in [1.165, 1.54) is 5.56 Å². The number of nitrogens with zero attached hydrogens (tertiary/aromatic N) is 1. The van der Waals surface area contributed by atoms with E-state index in [0.717, 1.165) is 30.0 Å². The minimum Gasteiger partial charge on any atom is -0.497 e. The fourth-order valence-corrected chi connectivity index (χ4v) is 2.43. The van der Waals surface area contributed by atoms with Crippen molar-refractivity contribution in [2.24, 2.45) is 0 Å². The molecule has 1 amide bonds. The maximum atomic E-state index is 12.5. The Morgan fingerprint density at radius 3 is 2.68 bits per heavy atom. The van der Waals surface area contributed by atoms with E-state index >= 15 is 0 Å². The summed E-state index contributed by atoms with van der Waals surface area (Å²) in [5.41, 5.74) is 2.89. The van der Waals surface area contributed by atoms with Crippen LogP contribution in [0.4, 0.5) is 5.69 Å². The van der Waals surface area contributed by atoms with Crippen LogP contribution in [0.25, 0.3) is 0 Å². The topological polar surface area (TPSA) is 29.5 Å². The average Bonchev–Trinajstić information content (AvgIpc) is 2.90. The second kappa shape index (κ2) is 4.76. The average molecular weight is 253 g/mol. The van der Waals surface area contributed by atoms with Crippen molar-refractivity contribution >= 4 is 11.6 Å². The smallest absolute Gasteiger partial charge is 0.258 e. The van der Waals surface area contributed by atoms with E-state index in [9.17, 15) is 4.79 Å². The molecule has 0 atom stereocenters. The molecule has 0 bridgehead atoms. The summed E-state index contributed by atoms with van der Waals surface area (Å²) in [7, 11) is 1.64. The van der Waals surface area contributed by atoms with Crippen LogP contribution in [0.1, 0.15) is 15.9 Å². The number of fused-ring (bicyclic) bond motifs is 1. The molecule has 3 heteroatoms. The molecule has 1 aliphatic heterocycles. The van der Waals surface area contributed by atoms with E-state index < -0.39 is 0 Å². The molecule has 1 heterocycles. The Morgan fingerprint density at radius 2 is 1.95 bits per heavy atom. The third-order valence-corrected chi connectivity index (χ3v) is 3.45. The first-order valence-corrected chi connectivity index (χ1v) is 6.33. The van der Waals surface area contributed by atoms with Crippen molar-refractivity contribution in [1.82, 2.24) is 0 Å². The summed E-state index contributed by atoms with van der Waals surface area (Å²) >= 11 is 0. The lowest BCUT2D eigenvalue weighted by atomic mass is 10.1. The minimum atomic E-state index is 0.0487. The first-order valence-electron chi connectivity index (χ1n) is 6.33. The SMILES string of the molecule is COc1ccc2c(c1)N(C(=O)c1ccccc1)CC2. The van der Waals surface area contributed by atoms with E-state index in [1.54, 1.807) is 7.11 Å². The third kappa shape index (κ3) is 2.08. The normalized spacial score (nSPS) is 13.2. The molecule has 0 fully saturated rings. The highest BCUT2D eigenvalue weighted by Gasteiger charge is 2.25. The van der Waals surface area contributed by atoms with Crippen LogP contribution >= 0.6 is 0 Å². The van der Waals surface area contributed by atoms with Gasteiger partial charge in [0.2, 0.25) is 0 Å². The summed E-state index contributed by atoms with van der Waals surface area (Å²) in [5.74, 6) is 0.833.